The van der Waals surface area contributed by atoms with Gasteiger partial charge in [-0.3, -0.25) is 0 Å². The van der Waals surface area contributed by atoms with Crippen LogP contribution >= 0.6 is 0 Å². The Morgan fingerprint density at radius 3 is 2.72 bits per heavy atom. The molecule has 1 aromatic heterocycles. The molecule has 1 aliphatic heterocycles. The van der Waals surface area contributed by atoms with Gasteiger partial charge in [0.05, 0.1) is 16.6 Å². The van der Waals surface area contributed by atoms with E-state index in [9.17, 15) is 4.79 Å². The van der Waals surface area contributed by atoms with Crippen LogP contribution in [-0.2, 0) is 0 Å². The predicted molar refractivity (Wildman–Crippen MR) is 68.5 cm³/mol. The summed E-state index contributed by atoms with van der Waals surface area (Å²) in [6, 6.07) is 5.05. The summed E-state index contributed by atoms with van der Waals surface area (Å²) < 4.78 is 1.99. The van der Waals surface area contributed by atoms with Crippen LogP contribution in [0.5, 0.6) is 0 Å². The molecule has 0 atom stereocenters. The molecule has 3 rings (SSSR count). The molecular formula is C13H15N3O2. The zero-order chi connectivity index (χ0) is 12.5. The number of piperidine rings is 1. The van der Waals surface area contributed by atoms with E-state index in [1.165, 1.54) is 19.3 Å². The average molecular weight is 245 g/mol. The fourth-order valence-corrected chi connectivity index (χ4v) is 2.45. The molecule has 94 valence electrons. The number of carboxylic acid groups (broad SMARTS) is 1. The van der Waals surface area contributed by atoms with Crippen LogP contribution in [0.2, 0.25) is 0 Å². The molecule has 0 aliphatic carbocycles. The third kappa shape index (κ3) is 1.81. The normalized spacial score (nSPS) is 16.1. The summed E-state index contributed by atoms with van der Waals surface area (Å²) in [5.74, 6) is -0.900. The molecule has 2 heterocycles. The number of imidazole rings is 1. The Kier molecular flexibility index (Phi) is 2.66. The third-order valence-corrected chi connectivity index (χ3v) is 3.41. The summed E-state index contributed by atoms with van der Waals surface area (Å²) in [6.45, 7) is 2.01. The molecule has 2 aromatic rings. The first-order valence-corrected chi connectivity index (χ1v) is 6.21. The number of fused-ring (bicyclic) bond motifs is 1. The lowest BCUT2D eigenvalue weighted by atomic mass is 10.1. The molecule has 5 heteroatoms. The standard InChI is InChI=1S/C13H15N3O2/c17-13(18)10-4-5-11-12(8-10)16(9-14-11)15-6-2-1-3-7-15/h4-5,8-9H,1-3,6-7H2,(H,17,18). The first-order valence-electron chi connectivity index (χ1n) is 6.21. The number of aromatic carboxylic acids is 1. The van der Waals surface area contributed by atoms with E-state index in [-0.39, 0.29) is 0 Å². The van der Waals surface area contributed by atoms with E-state index in [0.29, 0.717) is 5.56 Å². The van der Waals surface area contributed by atoms with Crippen molar-refractivity contribution in [2.24, 2.45) is 0 Å². The van der Waals surface area contributed by atoms with Gasteiger partial charge in [0.25, 0.3) is 0 Å². The van der Waals surface area contributed by atoms with Crippen LogP contribution in [0, 0.1) is 0 Å². The Bertz CT molecular complexity index is 585. The lowest BCUT2D eigenvalue weighted by molar-refractivity contribution is 0.0697. The number of nitrogens with zero attached hydrogens (tertiary/aromatic N) is 3. The Morgan fingerprint density at radius 2 is 2.00 bits per heavy atom. The molecule has 0 bridgehead atoms. The molecule has 1 saturated heterocycles. The number of hydrogen-bond acceptors (Lipinski definition) is 3. The molecule has 0 amide bonds. The maximum Gasteiger partial charge on any atom is 0.335 e. The van der Waals surface area contributed by atoms with Gasteiger partial charge in [0.1, 0.15) is 6.33 Å². The van der Waals surface area contributed by atoms with Crippen LogP contribution in [0.1, 0.15) is 29.6 Å². The number of carboxylic acids is 1. The lowest BCUT2D eigenvalue weighted by Gasteiger charge is -2.29. The average Bonchev–Trinajstić information content (AvgIpc) is 2.82. The largest absolute Gasteiger partial charge is 0.478 e. The number of rotatable bonds is 2. The van der Waals surface area contributed by atoms with Crippen LogP contribution in [-0.4, -0.2) is 33.8 Å². The second-order valence-electron chi connectivity index (χ2n) is 4.61. The first-order chi connectivity index (χ1) is 8.75. The van der Waals surface area contributed by atoms with Crippen molar-refractivity contribution >= 4 is 17.0 Å². The molecule has 1 N–H and O–H groups in total. The third-order valence-electron chi connectivity index (χ3n) is 3.41. The number of hydrogen-bond donors (Lipinski definition) is 1. The fourth-order valence-electron chi connectivity index (χ4n) is 2.45. The highest BCUT2D eigenvalue weighted by molar-refractivity contribution is 5.92. The Morgan fingerprint density at radius 1 is 1.22 bits per heavy atom. The second-order valence-corrected chi connectivity index (χ2v) is 4.61. The molecule has 18 heavy (non-hydrogen) atoms. The van der Waals surface area contributed by atoms with Gasteiger partial charge in [0.15, 0.2) is 0 Å². The monoisotopic (exact) mass is 245 g/mol. The number of benzene rings is 1. The Hall–Kier alpha value is -2.04. The summed E-state index contributed by atoms with van der Waals surface area (Å²) in [5.41, 5.74) is 2.02. The SMILES string of the molecule is O=C(O)c1ccc2ncn(N3CCCCC3)c2c1. The van der Waals surface area contributed by atoms with Crippen LogP contribution in [0.15, 0.2) is 24.5 Å². The molecule has 1 aliphatic rings. The van der Waals surface area contributed by atoms with Crippen molar-refractivity contribution in [3.05, 3.63) is 30.1 Å². The molecule has 1 aromatic carbocycles. The second kappa shape index (κ2) is 4.33. The van der Waals surface area contributed by atoms with E-state index in [4.69, 9.17) is 5.11 Å². The van der Waals surface area contributed by atoms with Gasteiger partial charge in [0, 0.05) is 13.1 Å². The van der Waals surface area contributed by atoms with Crippen molar-refractivity contribution in [3.63, 3.8) is 0 Å². The lowest BCUT2D eigenvalue weighted by Crippen LogP contribution is -2.38. The van der Waals surface area contributed by atoms with E-state index in [0.717, 1.165) is 24.1 Å². The van der Waals surface area contributed by atoms with Crippen molar-refractivity contribution < 1.29 is 9.90 Å². The van der Waals surface area contributed by atoms with E-state index < -0.39 is 5.97 Å². The smallest absolute Gasteiger partial charge is 0.335 e. The van der Waals surface area contributed by atoms with Crippen LogP contribution in [0.3, 0.4) is 0 Å². The topological polar surface area (TPSA) is 58.4 Å². The van der Waals surface area contributed by atoms with E-state index in [2.05, 4.69) is 9.99 Å². The maximum atomic E-state index is 11.0. The van der Waals surface area contributed by atoms with Crippen molar-refractivity contribution in [3.8, 4) is 0 Å². The number of carbonyl (C=O) groups is 1. The van der Waals surface area contributed by atoms with Crippen LogP contribution < -0.4 is 5.01 Å². The molecule has 0 spiro atoms. The summed E-state index contributed by atoms with van der Waals surface area (Å²) in [4.78, 5) is 15.3. The predicted octanol–water partition coefficient (Wildman–Crippen LogP) is 1.86. The van der Waals surface area contributed by atoms with Gasteiger partial charge >= 0.3 is 5.97 Å². The molecule has 0 radical (unpaired) electrons. The minimum Gasteiger partial charge on any atom is -0.478 e. The van der Waals surface area contributed by atoms with Gasteiger partial charge < -0.3 is 10.1 Å². The minimum atomic E-state index is -0.900. The van der Waals surface area contributed by atoms with Gasteiger partial charge in [-0.2, -0.15) is 0 Å². The van der Waals surface area contributed by atoms with Gasteiger partial charge in [0.2, 0.25) is 0 Å². The van der Waals surface area contributed by atoms with Crippen LogP contribution in [0.25, 0.3) is 11.0 Å². The molecule has 0 unspecified atom stereocenters. The van der Waals surface area contributed by atoms with Gasteiger partial charge in [-0.05, 0) is 37.5 Å². The number of aromatic nitrogens is 2. The maximum absolute atomic E-state index is 11.0. The molecule has 0 saturated carbocycles. The van der Waals surface area contributed by atoms with Crippen molar-refractivity contribution in [2.75, 3.05) is 18.1 Å². The highest BCUT2D eigenvalue weighted by Crippen LogP contribution is 2.17. The molecule has 5 nitrogen and oxygen atoms in total. The summed E-state index contributed by atoms with van der Waals surface area (Å²) in [7, 11) is 0. The summed E-state index contributed by atoms with van der Waals surface area (Å²) in [6.07, 6.45) is 5.40. The van der Waals surface area contributed by atoms with Crippen LogP contribution in [0.4, 0.5) is 0 Å². The quantitative estimate of drug-likeness (QED) is 0.877. The van der Waals surface area contributed by atoms with Gasteiger partial charge in [-0.1, -0.05) is 0 Å². The fraction of sp³-hybridized carbons (Fsp3) is 0.385. The van der Waals surface area contributed by atoms with Crippen molar-refractivity contribution in [2.45, 2.75) is 19.3 Å². The van der Waals surface area contributed by atoms with E-state index in [1.807, 2.05) is 4.68 Å². The Labute approximate surface area is 105 Å². The van der Waals surface area contributed by atoms with Gasteiger partial charge in [-0.25, -0.2) is 14.5 Å². The molecule has 1 fully saturated rings. The zero-order valence-corrected chi connectivity index (χ0v) is 10.0. The zero-order valence-electron chi connectivity index (χ0n) is 10.0. The Balaban J connectivity index is 2.05. The minimum absolute atomic E-state index is 0.307. The highest BCUT2D eigenvalue weighted by Gasteiger charge is 2.14. The highest BCUT2D eigenvalue weighted by atomic mass is 16.4. The van der Waals surface area contributed by atoms with E-state index in [1.54, 1.807) is 24.5 Å². The summed E-state index contributed by atoms with van der Waals surface area (Å²) in [5, 5.41) is 11.3. The van der Waals surface area contributed by atoms with E-state index >= 15 is 0 Å². The van der Waals surface area contributed by atoms with Crippen molar-refractivity contribution in [1.82, 2.24) is 9.66 Å². The van der Waals surface area contributed by atoms with Crippen molar-refractivity contribution in [1.29, 1.82) is 0 Å². The van der Waals surface area contributed by atoms with Gasteiger partial charge in [-0.15, -0.1) is 0 Å². The molecular weight excluding hydrogens is 230 g/mol. The summed E-state index contributed by atoms with van der Waals surface area (Å²) >= 11 is 0. The first kappa shape index (κ1) is 11.1.